The zero-order valence-electron chi connectivity index (χ0n) is 8.74. The number of nitrogens with two attached hydrogens (primary N) is 1. The molecule has 1 aromatic carbocycles. The molecule has 3 N–H and O–H groups in total. The van der Waals surface area contributed by atoms with E-state index in [1.54, 1.807) is 12.1 Å². The van der Waals surface area contributed by atoms with Crippen molar-refractivity contribution in [1.29, 1.82) is 0 Å². The van der Waals surface area contributed by atoms with E-state index in [0.717, 1.165) is 15.7 Å². The van der Waals surface area contributed by atoms with Gasteiger partial charge in [-0.1, -0.05) is 12.1 Å². The maximum atomic E-state index is 5.46. The average molecular weight is 279 g/mol. The number of aromatic nitrogens is 2. The summed E-state index contributed by atoms with van der Waals surface area (Å²) in [7, 11) is 0. The van der Waals surface area contributed by atoms with E-state index in [9.17, 15) is 0 Å². The van der Waals surface area contributed by atoms with Gasteiger partial charge in [-0.25, -0.2) is 0 Å². The fraction of sp³-hybridized carbons (Fsp3) is 0.0909. The summed E-state index contributed by atoms with van der Waals surface area (Å²) in [4.78, 5) is 0. The molecule has 0 bridgehead atoms. The van der Waals surface area contributed by atoms with Crippen LogP contribution in [0.3, 0.4) is 0 Å². The van der Waals surface area contributed by atoms with Crippen molar-refractivity contribution >= 4 is 33.3 Å². The van der Waals surface area contributed by atoms with E-state index in [1.807, 2.05) is 25.1 Å². The molecule has 0 spiro atoms. The molecule has 1 heterocycles. The Kier molecular flexibility index (Phi) is 3.05. The highest BCUT2D eigenvalue weighted by Crippen LogP contribution is 2.27. The molecule has 0 radical (unpaired) electrons. The Morgan fingerprint density at radius 3 is 2.69 bits per heavy atom. The molecule has 2 rings (SSSR count). The van der Waals surface area contributed by atoms with Gasteiger partial charge in [0.25, 0.3) is 0 Å². The van der Waals surface area contributed by atoms with Crippen LogP contribution in [0.1, 0.15) is 5.56 Å². The fourth-order valence-electron chi connectivity index (χ4n) is 1.29. The molecule has 82 valence electrons. The molecule has 0 amide bonds. The van der Waals surface area contributed by atoms with Crippen molar-refractivity contribution in [1.82, 2.24) is 10.2 Å². The van der Waals surface area contributed by atoms with Crippen LogP contribution < -0.4 is 11.1 Å². The standard InChI is InChI=1S/C11H11BrN4/c1-7-3-2-4-8(11(7)12)14-10-6-5-9(13)15-16-10/h2-6H,1H3,(H2,13,15)(H,14,16). The summed E-state index contributed by atoms with van der Waals surface area (Å²) in [5, 5.41) is 10.9. The van der Waals surface area contributed by atoms with E-state index in [1.165, 1.54) is 0 Å². The number of rotatable bonds is 2. The first-order chi connectivity index (χ1) is 7.66. The van der Waals surface area contributed by atoms with Crippen molar-refractivity contribution in [2.24, 2.45) is 0 Å². The van der Waals surface area contributed by atoms with Crippen LogP contribution in [0.15, 0.2) is 34.8 Å². The Balaban J connectivity index is 2.27. The van der Waals surface area contributed by atoms with Crippen LogP contribution in [0.5, 0.6) is 0 Å². The summed E-state index contributed by atoms with van der Waals surface area (Å²) in [6, 6.07) is 9.47. The third-order valence-corrected chi connectivity index (χ3v) is 3.19. The zero-order valence-corrected chi connectivity index (χ0v) is 10.3. The van der Waals surface area contributed by atoms with Gasteiger partial charge in [0.15, 0.2) is 5.82 Å². The summed E-state index contributed by atoms with van der Waals surface area (Å²) in [6.45, 7) is 2.03. The Morgan fingerprint density at radius 2 is 2.00 bits per heavy atom. The highest BCUT2D eigenvalue weighted by Gasteiger charge is 2.03. The first-order valence-electron chi connectivity index (χ1n) is 4.78. The predicted octanol–water partition coefficient (Wildman–Crippen LogP) is 2.87. The first kappa shape index (κ1) is 10.9. The van der Waals surface area contributed by atoms with Crippen molar-refractivity contribution in [2.45, 2.75) is 6.92 Å². The van der Waals surface area contributed by atoms with Gasteiger partial charge in [-0.15, -0.1) is 10.2 Å². The quantitative estimate of drug-likeness (QED) is 0.887. The fourth-order valence-corrected chi connectivity index (χ4v) is 1.65. The van der Waals surface area contributed by atoms with Crippen LogP contribution in [-0.4, -0.2) is 10.2 Å². The van der Waals surface area contributed by atoms with Crippen molar-refractivity contribution in [3.63, 3.8) is 0 Å². The summed E-state index contributed by atoms with van der Waals surface area (Å²) >= 11 is 3.52. The van der Waals surface area contributed by atoms with Crippen molar-refractivity contribution in [3.8, 4) is 0 Å². The molecule has 5 heteroatoms. The largest absolute Gasteiger partial charge is 0.382 e. The molecule has 16 heavy (non-hydrogen) atoms. The Morgan fingerprint density at radius 1 is 1.19 bits per heavy atom. The van der Waals surface area contributed by atoms with Crippen LogP contribution in [0.25, 0.3) is 0 Å². The van der Waals surface area contributed by atoms with Crippen LogP contribution in [0.4, 0.5) is 17.3 Å². The van der Waals surface area contributed by atoms with E-state index in [-0.39, 0.29) is 0 Å². The van der Waals surface area contributed by atoms with Crippen molar-refractivity contribution in [3.05, 3.63) is 40.4 Å². The summed E-state index contributed by atoms with van der Waals surface area (Å²) in [5.74, 6) is 1.08. The lowest BCUT2D eigenvalue weighted by Crippen LogP contribution is -1.98. The third kappa shape index (κ3) is 2.30. The van der Waals surface area contributed by atoms with Gasteiger partial charge >= 0.3 is 0 Å². The third-order valence-electron chi connectivity index (χ3n) is 2.14. The van der Waals surface area contributed by atoms with Gasteiger partial charge in [0.1, 0.15) is 5.82 Å². The molecule has 4 nitrogen and oxygen atoms in total. The molecule has 0 saturated carbocycles. The minimum absolute atomic E-state index is 0.411. The van der Waals surface area contributed by atoms with Crippen LogP contribution in [-0.2, 0) is 0 Å². The van der Waals surface area contributed by atoms with E-state index < -0.39 is 0 Å². The van der Waals surface area contributed by atoms with Gasteiger partial charge in [0.2, 0.25) is 0 Å². The number of halogens is 1. The number of nitrogens with one attached hydrogen (secondary N) is 1. The number of hydrogen-bond donors (Lipinski definition) is 2. The lowest BCUT2D eigenvalue weighted by Gasteiger charge is -2.08. The van der Waals surface area contributed by atoms with Gasteiger partial charge in [0.05, 0.1) is 5.69 Å². The van der Waals surface area contributed by atoms with Crippen molar-refractivity contribution < 1.29 is 0 Å². The molecule has 0 aliphatic rings. The second-order valence-corrected chi connectivity index (χ2v) is 4.20. The molecular formula is C11H11BrN4. The smallest absolute Gasteiger partial charge is 0.153 e. The van der Waals surface area contributed by atoms with Crippen LogP contribution in [0.2, 0.25) is 0 Å². The lowest BCUT2D eigenvalue weighted by molar-refractivity contribution is 1.05. The number of hydrogen-bond acceptors (Lipinski definition) is 4. The number of aryl methyl sites for hydroxylation is 1. The molecule has 0 saturated heterocycles. The Bertz CT molecular complexity index is 496. The van der Waals surface area contributed by atoms with Gasteiger partial charge < -0.3 is 11.1 Å². The number of nitrogen functional groups attached to an aromatic ring is 1. The van der Waals surface area contributed by atoms with Crippen molar-refractivity contribution in [2.75, 3.05) is 11.1 Å². The summed E-state index contributed by atoms with van der Waals surface area (Å²) in [5.41, 5.74) is 7.58. The van der Waals surface area contributed by atoms with Gasteiger partial charge in [-0.3, -0.25) is 0 Å². The Labute approximate surface area is 102 Å². The van der Waals surface area contributed by atoms with E-state index in [4.69, 9.17) is 5.73 Å². The minimum atomic E-state index is 0.411. The topological polar surface area (TPSA) is 63.8 Å². The number of nitrogens with zero attached hydrogens (tertiary/aromatic N) is 2. The highest BCUT2D eigenvalue weighted by atomic mass is 79.9. The zero-order chi connectivity index (χ0) is 11.5. The molecule has 0 unspecified atom stereocenters. The highest BCUT2D eigenvalue weighted by molar-refractivity contribution is 9.10. The van der Waals surface area contributed by atoms with E-state index in [2.05, 4.69) is 31.4 Å². The minimum Gasteiger partial charge on any atom is -0.382 e. The summed E-state index contributed by atoms with van der Waals surface area (Å²) < 4.78 is 1.02. The van der Waals surface area contributed by atoms with E-state index in [0.29, 0.717) is 11.6 Å². The second-order valence-electron chi connectivity index (χ2n) is 3.40. The van der Waals surface area contributed by atoms with Gasteiger partial charge in [-0.05, 0) is 46.6 Å². The normalized spacial score (nSPS) is 10.1. The number of benzene rings is 1. The molecule has 0 aliphatic carbocycles. The van der Waals surface area contributed by atoms with Crippen LogP contribution >= 0.6 is 15.9 Å². The lowest BCUT2D eigenvalue weighted by atomic mass is 10.2. The van der Waals surface area contributed by atoms with Gasteiger partial charge in [-0.2, -0.15) is 0 Å². The molecular weight excluding hydrogens is 268 g/mol. The summed E-state index contributed by atoms with van der Waals surface area (Å²) in [6.07, 6.45) is 0. The SMILES string of the molecule is Cc1cccc(Nc2ccc(N)nn2)c1Br. The maximum absolute atomic E-state index is 5.46. The first-order valence-corrected chi connectivity index (χ1v) is 5.57. The van der Waals surface area contributed by atoms with Crippen LogP contribution in [0, 0.1) is 6.92 Å². The number of anilines is 3. The van der Waals surface area contributed by atoms with E-state index >= 15 is 0 Å². The second kappa shape index (κ2) is 4.49. The molecule has 0 fully saturated rings. The van der Waals surface area contributed by atoms with Gasteiger partial charge in [0, 0.05) is 4.47 Å². The molecule has 1 aromatic heterocycles. The molecule has 2 aromatic rings. The molecule has 0 aliphatic heterocycles. The average Bonchev–Trinajstić information content (AvgIpc) is 2.28. The predicted molar refractivity (Wildman–Crippen MR) is 68.6 cm³/mol. The monoisotopic (exact) mass is 278 g/mol. The Hall–Kier alpha value is -1.62. The molecule has 0 atom stereocenters. The maximum Gasteiger partial charge on any atom is 0.153 e.